The van der Waals surface area contributed by atoms with Crippen LogP contribution in [0.1, 0.15) is 45.7 Å². The summed E-state index contributed by atoms with van der Waals surface area (Å²) in [4.78, 5) is 42.7. The number of hydrogen-bond donors (Lipinski definition) is 3. The van der Waals surface area contributed by atoms with Crippen LogP contribution < -0.4 is 10.6 Å². The average molecular weight is 642 g/mol. The summed E-state index contributed by atoms with van der Waals surface area (Å²) in [5.74, 6) is 0.603. The molecule has 0 fully saturated rings. The van der Waals surface area contributed by atoms with Crippen LogP contribution in [0.2, 0.25) is 0 Å². The number of aromatic nitrogens is 2. The monoisotopic (exact) mass is 641 g/mol. The smallest absolute Gasteiger partial charge is 0.251 e. The van der Waals surface area contributed by atoms with E-state index in [9.17, 15) is 9.59 Å². The molecule has 48 heavy (non-hydrogen) atoms. The highest BCUT2D eigenvalue weighted by Crippen LogP contribution is 2.34. The summed E-state index contributed by atoms with van der Waals surface area (Å²) in [6.45, 7) is 5.57. The number of hydrogen-bond acceptors (Lipinski definition) is 6. The molecule has 0 spiro atoms. The Morgan fingerprint density at radius 1 is 0.708 bits per heavy atom. The van der Waals surface area contributed by atoms with Gasteiger partial charge in [0.05, 0.1) is 22.4 Å². The zero-order chi connectivity index (χ0) is 33.9. The van der Waals surface area contributed by atoms with Gasteiger partial charge < -0.3 is 25.4 Å². The molecule has 0 radical (unpaired) electrons. The molecule has 5 aromatic rings. The number of carbonyl (C=O) groups is 2. The van der Waals surface area contributed by atoms with Gasteiger partial charge in [-0.05, 0) is 107 Å². The second-order valence-corrected chi connectivity index (χ2v) is 13.3. The number of nitrogens with zero attached hydrogens (tertiary/aromatic N) is 4. The summed E-state index contributed by atoms with van der Waals surface area (Å²) in [6, 6.07) is 28.0. The van der Waals surface area contributed by atoms with E-state index in [4.69, 9.17) is 9.98 Å². The maximum atomic E-state index is 12.7. The van der Waals surface area contributed by atoms with Gasteiger partial charge >= 0.3 is 0 Å². The van der Waals surface area contributed by atoms with Crippen molar-refractivity contribution >= 4 is 34.2 Å². The SMILES string of the molecule is C[C@@H](CN(C)C)NC(=O)c1ccc(C2=Nc3cc(-c4ccc5nc(-c6ccc(C(=O)N[C@@H](C)CN(C)C)cc6)[nH]c5c4)ccc3C2)cc1. The minimum atomic E-state index is -0.0840. The van der Waals surface area contributed by atoms with E-state index in [0.717, 1.165) is 70.0 Å². The van der Waals surface area contributed by atoms with Crippen molar-refractivity contribution in [3.63, 3.8) is 0 Å². The molecule has 1 aromatic heterocycles. The number of likely N-dealkylation sites (N-methyl/N-ethyl adjacent to an activating group) is 2. The van der Waals surface area contributed by atoms with Gasteiger partial charge in [0, 0.05) is 48.3 Å². The highest BCUT2D eigenvalue weighted by molar-refractivity contribution is 6.07. The highest BCUT2D eigenvalue weighted by atomic mass is 16.2. The molecular weight excluding hydrogens is 598 g/mol. The predicted molar refractivity (Wildman–Crippen MR) is 194 cm³/mol. The van der Waals surface area contributed by atoms with E-state index in [1.807, 2.05) is 96.6 Å². The number of carbonyl (C=O) groups excluding carboxylic acids is 2. The van der Waals surface area contributed by atoms with Gasteiger partial charge in [0.2, 0.25) is 0 Å². The van der Waals surface area contributed by atoms with Gasteiger partial charge in [-0.1, -0.05) is 42.5 Å². The van der Waals surface area contributed by atoms with Gasteiger partial charge in [-0.3, -0.25) is 14.6 Å². The zero-order valence-electron chi connectivity index (χ0n) is 28.5. The molecule has 9 heteroatoms. The lowest BCUT2D eigenvalue weighted by Gasteiger charge is -2.18. The molecule has 0 bridgehead atoms. The number of H-pyrrole nitrogens is 1. The number of nitrogens with one attached hydrogen (secondary N) is 3. The number of aliphatic imine (C=N–C) groups is 1. The van der Waals surface area contributed by atoms with Gasteiger partial charge in [-0.15, -0.1) is 0 Å². The van der Waals surface area contributed by atoms with Crippen LogP contribution in [0.25, 0.3) is 33.5 Å². The van der Waals surface area contributed by atoms with Crippen LogP contribution in [0.3, 0.4) is 0 Å². The summed E-state index contributed by atoms with van der Waals surface area (Å²) in [7, 11) is 7.97. The summed E-state index contributed by atoms with van der Waals surface area (Å²) in [6.07, 6.45) is 0.750. The molecule has 2 heterocycles. The summed E-state index contributed by atoms with van der Waals surface area (Å²) in [5, 5.41) is 6.10. The molecule has 0 aliphatic carbocycles. The van der Waals surface area contributed by atoms with Gasteiger partial charge in [0.25, 0.3) is 11.8 Å². The van der Waals surface area contributed by atoms with Gasteiger partial charge in [-0.2, -0.15) is 0 Å². The number of rotatable bonds is 11. The molecular formula is C39H43N7O2. The van der Waals surface area contributed by atoms with Crippen molar-refractivity contribution in [1.82, 2.24) is 30.4 Å². The van der Waals surface area contributed by atoms with Crippen LogP contribution in [-0.2, 0) is 6.42 Å². The van der Waals surface area contributed by atoms with Crippen molar-refractivity contribution in [2.75, 3.05) is 41.3 Å². The lowest BCUT2D eigenvalue weighted by atomic mass is 9.99. The number of imidazole rings is 1. The third kappa shape index (κ3) is 7.54. The Morgan fingerprint density at radius 2 is 1.23 bits per heavy atom. The minimum absolute atomic E-state index is 0.0526. The van der Waals surface area contributed by atoms with Gasteiger partial charge in [0.1, 0.15) is 5.82 Å². The fourth-order valence-electron chi connectivity index (χ4n) is 6.25. The molecule has 0 saturated heterocycles. The lowest BCUT2D eigenvalue weighted by Crippen LogP contribution is -2.39. The Balaban J connectivity index is 1.14. The predicted octanol–water partition coefficient (Wildman–Crippen LogP) is 5.93. The molecule has 2 amide bonds. The van der Waals surface area contributed by atoms with Crippen LogP contribution in [0, 0.1) is 0 Å². The second-order valence-electron chi connectivity index (χ2n) is 13.3. The van der Waals surface area contributed by atoms with E-state index in [2.05, 4.69) is 55.7 Å². The van der Waals surface area contributed by atoms with E-state index in [0.29, 0.717) is 11.1 Å². The fraction of sp³-hybridized carbons (Fsp3) is 0.282. The molecule has 4 aromatic carbocycles. The quantitative estimate of drug-likeness (QED) is 0.166. The first-order chi connectivity index (χ1) is 23.0. The number of benzene rings is 4. The largest absolute Gasteiger partial charge is 0.348 e. The Morgan fingerprint density at radius 3 is 1.81 bits per heavy atom. The first-order valence-corrected chi connectivity index (χ1v) is 16.3. The zero-order valence-corrected chi connectivity index (χ0v) is 28.5. The molecule has 246 valence electrons. The van der Waals surface area contributed by atoms with Crippen molar-refractivity contribution in [3.05, 3.63) is 107 Å². The van der Waals surface area contributed by atoms with E-state index in [1.165, 1.54) is 5.56 Å². The first-order valence-electron chi connectivity index (χ1n) is 16.3. The molecule has 1 aliphatic rings. The summed E-state index contributed by atoms with van der Waals surface area (Å²) >= 11 is 0. The van der Waals surface area contributed by atoms with E-state index in [-0.39, 0.29) is 23.9 Å². The normalized spacial score (nSPS) is 13.8. The van der Waals surface area contributed by atoms with Crippen LogP contribution in [0.5, 0.6) is 0 Å². The molecule has 0 saturated carbocycles. The standard InChI is InChI=1S/C39H43N7O2/c1-24(22-45(3)4)40-38(47)28-11-7-26(8-12-28)34-21-32-16-15-30(19-35(32)42-34)31-17-18-33-36(20-31)44-37(43-33)27-9-13-29(14-10-27)39(48)41-25(2)23-46(5)6/h7-20,24-25H,21-23H2,1-6H3,(H,40,47)(H,41,48)(H,43,44)/t24-,25-/m0/s1. The van der Waals surface area contributed by atoms with E-state index < -0.39 is 0 Å². The molecule has 2 atom stereocenters. The van der Waals surface area contributed by atoms with Crippen LogP contribution in [0.15, 0.2) is 89.9 Å². The fourth-order valence-corrected chi connectivity index (χ4v) is 6.25. The topological polar surface area (TPSA) is 106 Å². The Labute approximate surface area is 282 Å². The van der Waals surface area contributed by atoms with Crippen molar-refractivity contribution < 1.29 is 9.59 Å². The van der Waals surface area contributed by atoms with Crippen molar-refractivity contribution in [2.24, 2.45) is 4.99 Å². The second kappa shape index (κ2) is 13.9. The molecule has 3 N–H and O–H groups in total. The van der Waals surface area contributed by atoms with Crippen LogP contribution >= 0.6 is 0 Å². The number of fused-ring (bicyclic) bond motifs is 2. The van der Waals surface area contributed by atoms with Crippen LogP contribution in [0.4, 0.5) is 5.69 Å². The molecule has 0 unspecified atom stereocenters. The third-order valence-corrected chi connectivity index (χ3v) is 8.45. The van der Waals surface area contributed by atoms with Crippen LogP contribution in [-0.4, -0.2) is 90.7 Å². The van der Waals surface area contributed by atoms with Crippen molar-refractivity contribution in [2.45, 2.75) is 32.4 Å². The Kier molecular flexibility index (Phi) is 9.52. The summed E-state index contributed by atoms with van der Waals surface area (Å²) in [5.41, 5.74) is 10.3. The van der Waals surface area contributed by atoms with E-state index >= 15 is 0 Å². The Bertz CT molecular complexity index is 1970. The van der Waals surface area contributed by atoms with Gasteiger partial charge in [0.15, 0.2) is 0 Å². The maximum Gasteiger partial charge on any atom is 0.251 e. The van der Waals surface area contributed by atoms with Crippen molar-refractivity contribution in [1.29, 1.82) is 0 Å². The van der Waals surface area contributed by atoms with E-state index in [1.54, 1.807) is 0 Å². The van der Waals surface area contributed by atoms with Crippen molar-refractivity contribution in [3.8, 4) is 22.5 Å². The third-order valence-electron chi connectivity index (χ3n) is 8.45. The lowest BCUT2D eigenvalue weighted by molar-refractivity contribution is 0.0925. The number of amides is 2. The average Bonchev–Trinajstić information content (AvgIpc) is 3.68. The molecule has 9 nitrogen and oxygen atoms in total. The summed E-state index contributed by atoms with van der Waals surface area (Å²) < 4.78 is 0. The van der Waals surface area contributed by atoms with Gasteiger partial charge in [-0.25, -0.2) is 4.98 Å². The minimum Gasteiger partial charge on any atom is -0.348 e. The molecule has 1 aliphatic heterocycles. The number of aromatic amines is 1. The maximum absolute atomic E-state index is 12.7. The highest BCUT2D eigenvalue weighted by Gasteiger charge is 2.19. The Hall–Kier alpha value is -5.12. The molecule has 6 rings (SSSR count). The first kappa shape index (κ1) is 32.8.